The van der Waals surface area contributed by atoms with Gasteiger partial charge in [-0.15, -0.1) is 0 Å². The summed E-state index contributed by atoms with van der Waals surface area (Å²) >= 11 is 0. The van der Waals surface area contributed by atoms with E-state index in [-0.39, 0.29) is 11.1 Å². The summed E-state index contributed by atoms with van der Waals surface area (Å²) < 4.78 is 5.66. The van der Waals surface area contributed by atoms with Gasteiger partial charge in [0.25, 0.3) is 5.88 Å². The SMILES string of the molecule is CC(C)(C)c1nc(C#N)c(NN=CC2CCC(C(C)(C)C)CC2)o1. The lowest BCUT2D eigenvalue weighted by atomic mass is 9.70. The molecule has 1 heterocycles. The molecule has 1 aromatic rings. The number of hydrazone groups is 1. The van der Waals surface area contributed by atoms with Crippen LogP contribution in [0.5, 0.6) is 0 Å². The summed E-state index contributed by atoms with van der Waals surface area (Å²) in [4.78, 5) is 4.24. The maximum atomic E-state index is 9.19. The van der Waals surface area contributed by atoms with Crippen molar-refractivity contribution in [3.8, 4) is 6.07 Å². The van der Waals surface area contributed by atoms with E-state index in [0.717, 1.165) is 5.92 Å². The summed E-state index contributed by atoms with van der Waals surface area (Å²) in [5, 5.41) is 13.5. The second-order valence-corrected chi connectivity index (χ2v) is 8.93. The fraction of sp³-hybridized carbons (Fsp3) is 0.737. The van der Waals surface area contributed by atoms with Crippen LogP contribution in [0.25, 0.3) is 0 Å². The smallest absolute Gasteiger partial charge is 0.252 e. The van der Waals surface area contributed by atoms with Gasteiger partial charge < -0.3 is 4.42 Å². The molecule has 1 fully saturated rings. The van der Waals surface area contributed by atoms with Crippen molar-refractivity contribution < 1.29 is 4.42 Å². The first-order chi connectivity index (χ1) is 11.1. The van der Waals surface area contributed by atoms with E-state index >= 15 is 0 Å². The van der Waals surface area contributed by atoms with Gasteiger partial charge in [-0.1, -0.05) is 41.5 Å². The van der Waals surface area contributed by atoms with E-state index in [4.69, 9.17) is 4.42 Å². The van der Waals surface area contributed by atoms with E-state index in [1.165, 1.54) is 25.7 Å². The van der Waals surface area contributed by atoms with Crippen LogP contribution in [0.4, 0.5) is 5.88 Å². The maximum absolute atomic E-state index is 9.19. The molecule has 24 heavy (non-hydrogen) atoms. The average molecular weight is 330 g/mol. The summed E-state index contributed by atoms with van der Waals surface area (Å²) in [6, 6.07) is 2.06. The van der Waals surface area contributed by atoms with Gasteiger partial charge in [0.05, 0.1) is 0 Å². The van der Waals surface area contributed by atoms with E-state index in [9.17, 15) is 5.26 Å². The summed E-state index contributed by atoms with van der Waals surface area (Å²) in [6.45, 7) is 13.0. The monoisotopic (exact) mass is 330 g/mol. The van der Waals surface area contributed by atoms with E-state index in [2.05, 4.69) is 42.4 Å². The van der Waals surface area contributed by atoms with Crippen molar-refractivity contribution >= 4 is 12.1 Å². The molecule has 1 aliphatic carbocycles. The van der Waals surface area contributed by atoms with Crippen LogP contribution in [0.2, 0.25) is 0 Å². The first-order valence-corrected chi connectivity index (χ1v) is 8.82. The van der Waals surface area contributed by atoms with Crippen molar-refractivity contribution in [3.63, 3.8) is 0 Å². The third kappa shape index (κ3) is 4.59. The molecule has 0 unspecified atom stereocenters. The van der Waals surface area contributed by atoms with Gasteiger partial charge in [-0.2, -0.15) is 15.3 Å². The van der Waals surface area contributed by atoms with E-state index < -0.39 is 0 Å². The highest BCUT2D eigenvalue weighted by atomic mass is 16.4. The Morgan fingerprint density at radius 3 is 2.29 bits per heavy atom. The Morgan fingerprint density at radius 1 is 1.17 bits per heavy atom. The van der Waals surface area contributed by atoms with Gasteiger partial charge >= 0.3 is 0 Å². The predicted octanol–water partition coefficient (Wildman–Crippen LogP) is 5.09. The molecule has 1 saturated carbocycles. The summed E-state index contributed by atoms with van der Waals surface area (Å²) in [6.07, 6.45) is 6.79. The van der Waals surface area contributed by atoms with Crippen LogP contribution in [0.3, 0.4) is 0 Å². The number of oxazole rings is 1. The molecule has 132 valence electrons. The maximum Gasteiger partial charge on any atom is 0.252 e. The van der Waals surface area contributed by atoms with Crippen molar-refractivity contribution in [2.24, 2.45) is 22.4 Å². The Kier molecular flexibility index (Phi) is 5.37. The van der Waals surface area contributed by atoms with Gasteiger partial charge in [0.1, 0.15) is 6.07 Å². The van der Waals surface area contributed by atoms with Crippen LogP contribution in [0, 0.1) is 28.6 Å². The van der Waals surface area contributed by atoms with Crippen molar-refractivity contribution in [2.75, 3.05) is 5.43 Å². The lowest BCUT2D eigenvalue weighted by Gasteiger charge is -2.35. The molecular formula is C19H30N4O. The Labute approximate surface area is 145 Å². The second kappa shape index (κ2) is 6.96. The van der Waals surface area contributed by atoms with Gasteiger partial charge in [-0.25, -0.2) is 5.43 Å². The largest absolute Gasteiger partial charge is 0.421 e. The van der Waals surface area contributed by atoms with Gasteiger partial charge in [-0.05, 0) is 42.9 Å². The van der Waals surface area contributed by atoms with Crippen molar-refractivity contribution in [3.05, 3.63) is 11.6 Å². The highest BCUT2D eigenvalue weighted by Crippen LogP contribution is 2.39. The van der Waals surface area contributed by atoms with Crippen LogP contribution in [0.15, 0.2) is 9.52 Å². The number of rotatable bonds is 3. The Bertz CT molecular complexity index is 617. The van der Waals surface area contributed by atoms with Gasteiger partial charge in [0.15, 0.2) is 0 Å². The standard InChI is InChI=1S/C19H30N4O/c1-18(2,3)14-9-7-13(8-10-14)12-21-23-16-15(11-20)22-17(24-16)19(4,5)6/h12-14,23H,7-10H2,1-6H3. The third-order valence-corrected chi connectivity index (χ3v) is 4.82. The summed E-state index contributed by atoms with van der Waals surface area (Å²) in [5.41, 5.74) is 3.28. The molecule has 2 rings (SSSR count). The lowest BCUT2D eigenvalue weighted by Crippen LogP contribution is -2.26. The normalized spacial score (nSPS) is 22.5. The Balaban J connectivity index is 1.94. The summed E-state index contributed by atoms with van der Waals surface area (Å²) in [7, 11) is 0. The first kappa shape index (κ1) is 18.5. The fourth-order valence-corrected chi connectivity index (χ4v) is 3.13. The first-order valence-electron chi connectivity index (χ1n) is 8.82. The van der Waals surface area contributed by atoms with Crippen molar-refractivity contribution in [1.82, 2.24) is 4.98 Å². The minimum absolute atomic E-state index is 0.236. The molecule has 0 radical (unpaired) electrons. The predicted molar refractivity (Wildman–Crippen MR) is 96.9 cm³/mol. The van der Waals surface area contributed by atoms with Gasteiger partial charge in [0, 0.05) is 11.6 Å². The minimum atomic E-state index is -0.236. The number of hydrogen-bond acceptors (Lipinski definition) is 5. The second-order valence-electron chi connectivity index (χ2n) is 8.93. The molecule has 5 nitrogen and oxygen atoms in total. The molecule has 0 aliphatic heterocycles. The molecular weight excluding hydrogens is 300 g/mol. The molecule has 1 N–H and O–H groups in total. The van der Waals surface area contributed by atoms with Crippen molar-refractivity contribution in [1.29, 1.82) is 5.26 Å². The number of nitrogens with zero attached hydrogens (tertiary/aromatic N) is 3. The number of aromatic nitrogens is 1. The van der Waals surface area contributed by atoms with E-state index in [0.29, 0.717) is 23.1 Å². The Hall–Kier alpha value is -1.83. The van der Waals surface area contributed by atoms with Gasteiger partial charge in [0.2, 0.25) is 11.6 Å². The quantitative estimate of drug-likeness (QED) is 0.618. The molecule has 0 atom stereocenters. The number of hydrogen-bond donors (Lipinski definition) is 1. The van der Waals surface area contributed by atoms with Crippen LogP contribution in [0.1, 0.15) is 78.8 Å². The van der Waals surface area contributed by atoms with Gasteiger partial charge in [-0.3, -0.25) is 0 Å². The van der Waals surface area contributed by atoms with Crippen LogP contribution >= 0.6 is 0 Å². The fourth-order valence-electron chi connectivity index (χ4n) is 3.13. The number of anilines is 1. The molecule has 1 aromatic heterocycles. The molecule has 5 heteroatoms. The minimum Gasteiger partial charge on any atom is -0.421 e. The van der Waals surface area contributed by atoms with Crippen LogP contribution in [-0.4, -0.2) is 11.2 Å². The molecule has 1 aliphatic rings. The third-order valence-electron chi connectivity index (χ3n) is 4.82. The molecule has 0 saturated heterocycles. The number of nitrogens with one attached hydrogen (secondary N) is 1. The molecule has 0 aromatic carbocycles. The average Bonchev–Trinajstić information content (AvgIpc) is 2.90. The van der Waals surface area contributed by atoms with Crippen LogP contribution in [-0.2, 0) is 5.41 Å². The van der Waals surface area contributed by atoms with Crippen molar-refractivity contribution in [2.45, 2.75) is 72.6 Å². The highest BCUT2D eigenvalue weighted by molar-refractivity contribution is 5.62. The molecule has 0 spiro atoms. The zero-order chi connectivity index (χ0) is 18.0. The van der Waals surface area contributed by atoms with Crippen LogP contribution < -0.4 is 5.43 Å². The lowest BCUT2D eigenvalue weighted by molar-refractivity contribution is 0.168. The topological polar surface area (TPSA) is 74.2 Å². The van der Waals surface area contributed by atoms with E-state index in [1.807, 2.05) is 27.0 Å². The molecule has 0 amide bonds. The zero-order valence-corrected chi connectivity index (χ0v) is 15.8. The zero-order valence-electron chi connectivity index (χ0n) is 15.8. The Morgan fingerprint density at radius 2 is 1.79 bits per heavy atom. The highest BCUT2D eigenvalue weighted by Gasteiger charge is 2.29. The summed E-state index contributed by atoms with van der Waals surface area (Å²) in [5.74, 6) is 2.17. The van der Waals surface area contributed by atoms with E-state index in [1.54, 1.807) is 0 Å². The molecule has 0 bridgehead atoms. The number of nitriles is 1.